The Kier molecular flexibility index (Phi) is 3.50. The Morgan fingerprint density at radius 2 is 1.95 bits per heavy atom. The predicted molar refractivity (Wildman–Crippen MR) is 66.1 cm³/mol. The smallest absolute Gasteiger partial charge is 0.214 e. The first-order chi connectivity index (χ1) is 9.08. The van der Waals surface area contributed by atoms with Crippen LogP contribution in [0.25, 0.3) is 0 Å². The number of rotatable bonds is 4. The minimum Gasteiger partial charge on any atom is -0.494 e. The van der Waals surface area contributed by atoms with E-state index < -0.39 is 5.82 Å². The lowest BCUT2D eigenvalue weighted by molar-refractivity contribution is 0.102. The standard InChI is InChI=1S/C13H13FN2O3/c1-16-12(11(19-3)7-15-16)13(17)8-4-5-9(14)10(6-8)18-2/h4-7H,1-3H3. The summed E-state index contributed by atoms with van der Waals surface area (Å²) in [5, 5.41) is 3.96. The van der Waals surface area contributed by atoms with Crippen molar-refractivity contribution in [3.05, 3.63) is 41.5 Å². The number of aromatic nitrogens is 2. The summed E-state index contributed by atoms with van der Waals surface area (Å²) in [7, 11) is 4.44. The van der Waals surface area contributed by atoms with Crippen LogP contribution in [0.1, 0.15) is 16.1 Å². The summed E-state index contributed by atoms with van der Waals surface area (Å²) in [5.41, 5.74) is 0.608. The molecular formula is C13H13FN2O3. The van der Waals surface area contributed by atoms with Crippen molar-refractivity contribution >= 4 is 5.78 Å². The van der Waals surface area contributed by atoms with Crippen LogP contribution in [-0.2, 0) is 7.05 Å². The molecule has 0 aliphatic rings. The Bertz CT molecular complexity index is 622. The monoisotopic (exact) mass is 264 g/mol. The number of aryl methyl sites for hydroxylation is 1. The highest BCUT2D eigenvalue weighted by molar-refractivity contribution is 6.09. The van der Waals surface area contributed by atoms with E-state index in [0.717, 1.165) is 0 Å². The highest BCUT2D eigenvalue weighted by Gasteiger charge is 2.20. The molecule has 0 bridgehead atoms. The van der Waals surface area contributed by atoms with Crippen LogP contribution in [-0.4, -0.2) is 29.8 Å². The Morgan fingerprint density at radius 1 is 1.26 bits per heavy atom. The van der Waals surface area contributed by atoms with Gasteiger partial charge in [0.15, 0.2) is 23.0 Å². The number of halogens is 1. The number of nitrogens with zero attached hydrogens (tertiary/aromatic N) is 2. The van der Waals surface area contributed by atoms with Crippen molar-refractivity contribution in [2.45, 2.75) is 0 Å². The zero-order chi connectivity index (χ0) is 14.0. The minimum absolute atomic E-state index is 0.0204. The molecule has 0 saturated heterocycles. The molecule has 0 unspecified atom stereocenters. The van der Waals surface area contributed by atoms with Gasteiger partial charge >= 0.3 is 0 Å². The summed E-state index contributed by atoms with van der Waals surface area (Å²) in [4.78, 5) is 12.4. The third-order valence-electron chi connectivity index (χ3n) is 2.75. The molecule has 0 saturated carbocycles. The fourth-order valence-corrected chi connectivity index (χ4v) is 1.76. The molecule has 0 spiro atoms. The number of methoxy groups -OCH3 is 2. The third-order valence-corrected chi connectivity index (χ3v) is 2.75. The Hall–Kier alpha value is -2.37. The quantitative estimate of drug-likeness (QED) is 0.790. The van der Waals surface area contributed by atoms with Crippen molar-refractivity contribution in [3.8, 4) is 11.5 Å². The summed E-state index contributed by atoms with van der Waals surface area (Å²) >= 11 is 0. The van der Waals surface area contributed by atoms with E-state index in [1.54, 1.807) is 7.05 Å². The molecule has 19 heavy (non-hydrogen) atoms. The zero-order valence-electron chi connectivity index (χ0n) is 10.8. The largest absolute Gasteiger partial charge is 0.494 e. The molecule has 0 amide bonds. The maximum atomic E-state index is 13.3. The van der Waals surface area contributed by atoms with Gasteiger partial charge in [0.25, 0.3) is 0 Å². The van der Waals surface area contributed by atoms with Gasteiger partial charge in [-0.05, 0) is 18.2 Å². The fraction of sp³-hybridized carbons (Fsp3) is 0.231. The normalized spacial score (nSPS) is 10.3. The van der Waals surface area contributed by atoms with Gasteiger partial charge in [0, 0.05) is 12.6 Å². The lowest BCUT2D eigenvalue weighted by Gasteiger charge is -2.07. The van der Waals surface area contributed by atoms with E-state index in [4.69, 9.17) is 9.47 Å². The molecule has 2 aromatic rings. The number of carbonyl (C=O) groups excluding carboxylic acids is 1. The van der Waals surface area contributed by atoms with Gasteiger partial charge in [-0.2, -0.15) is 5.10 Å². The number of ketones is 1. The summed E-state index contributed by atoms with van der Waals surface area (Å²) in [6, 6.07) is 3.94. The Balaban J connectivity index is 2.47. The molecular weight excluding hydrogens is 251 g/mol. The van der Waals surface area contributed by atoms with Gasteiger partial charge in [0.05, 0.1) is 20.4 Å². The number of hydrogen-bond acceptors (Lipinski definition) is 4. The summed E-state index contributed by atoms with van der Waals surface area (Å²) in [6.45, 7) is 0. The highest BCUT2D eigenvalue weighted by Crippen LogP contribution is 2.24. The van der Waals surface area contributed by atoms with E-state index in [-0.39, 0.29) is 11.5 Å². The maximum Gasteiger partial charge on any atom is 0.214 e. The van der Waals surface area contributed by atoms with Crippen molar-refractivity contribution in [2.75, 3.05) is 14.2 Å². The number of carbonyl (C=O) groups is 1. The number of hydrogen-bond donors (Lipinski definition) is 0. The van der Waals surface area contributed by atoms with E-state index in [0.29, 0.717) is 17.0 Å². The van der Waals surface area contributed by atoms with Gasteiger partial charge in [0.1, 0.15) is 0 Å². The van der Waals surface area contributed by atoms with E-state index in [1.807, 2.05) is 0 Å². The third kappa shape index (κ3) is 2.29. The second-order valence-corrected chi connectivity index (χ2v) is 3.86. The molecule has 5 nitrogen and oxygen atoms in total. The highest BCUT2D eigenvalue weighted by atomic mass is 19.1. The molecule has 0 fully saturated rings. The Morgan fingerprint density at radius 3 is 2.58 bits per heavy atom. The van der Waals surface area contributed by atoms with Crippen LogP contribution in [0, 0.1) is 5.82 Å². The first kappa shape index (κ1) is 13.1. The minimum atomic E-state index is -0.518. The summed E-state index contributed by atoms with van der Waals surface area (Å²) < 4.78 is 24.7. The number of benzene rings is 1. The molecule has 0 aliphatic heterocycles. The molecule has 1 aromatic carbocycles. The van der Waals surface area contributed by atoms with Gasteiger partial charge in [0.2, 0.25) is 5.78 Å². The molecule has 0 atom stereocenters. The van der Waals surface area contributed by atoms with Gasteiger partial charge in [-0.25, -0.2) is 4.39 Å². The summed E-state index contributed by atoms with van der Waals surface area (Å²) in [5.74, 6) is -0.436. The van der Waals surface area contributed by atoms with E-state index in [2.05, 4.69) is 5.10 Å². The molecule has 1 heterocycles. The van der Waals surface area contributed by atoms with Crippen LogP contribution in [0.15, 0.2) is 24.4 Å². The SMILES string of the molecule is COc1cc(C(=O)c2c(OC)cnn2C)ccc1F. The van der Waals surface area contributed by atoms with Crippen LogP contribution in [0.5, 0.6) is 11.5 Å². The van der Waals surface area contributed by atoms with Crippen LogP contribution in [0.3, 0.4) is 0 Å². The molecule has 1 aromatic heterocycles. The molecule has 0 N–H and O–H groups in total. The van der Waals surface area contributed by atoms with Crippen LogP contribution < -0.4 is 9.47 Å². The zero-order valence-corrected chi connectivity index (χ0v) is 10.8. The van der Waals surface area contributed by atoms with Gasteiger partial charge < -0.3 is 9.47 Å². The lowest BCUT2D eigenvalue weighted by Crippen LogP contribution is -2.10. The lowest BCUT2D eigenvalue weighted by atomic mass is 10.1. The fourth-order valence-electron chi connectivity index (χ4n) is 1.76. The first-order valence-corrected chi connectivity index (χ1v) is 5.52. The van der Waals surface area contributed by atoms with Crippen LogP contribution in [0.2, 0.25) is 0 Å². The average Bonchev–Trinajstić information content (AvgIpc) is 2.79. The van der Waals surface area contributed by atoms with E-state index >= 15 is 0 Å². The van der Waals surface area contributed by atoms with Crippen LogP contribution >= 0.6 is 0 Å². The molecule has 0 aliphatic carbocycles. The maximum absolute atomic E-state index is 13.3. The van der Waals surface area contributed by atoms with Gasteiger partial charge in [-0.3, -0.25) is 9.48 Å². The van der Waals surface area contributed by atoms with E-state index in [9.17, 15) is 9.18 Å². The molecule has 100 valence electrons. The molecule has 0 radical (unpaired) electrons. The number of ether oxygens (including phenoxy) is 2. The summed E-state index contributed by atoms with van der Waals surface area (Å²) in [6.07, 6.45) is 1.45. The van der Waals surface area contributed by atoms with Crippen molar-refractivity contribution in [1.82, 2.24) is 9.78 Å². The Labute approximate surface area is 109 Å². The van der Waals surface area contributed by atoms with Crippen molar-refractivity contribution in [2.24, 2.45) is 7.05 Å². The average molecular weight is 264 g/mol. The molecule has 6 heteroatoms. The van der Waals surface area contributed by atoms with E-state index in [1.165, 1.54) is 43.3 Å². The van der Waals surface area contributed by atoms with Gasteiger partial charge in [-0.15, -0.1) is 0 Å². The topological polar surface area (TPSA) is 53.4 Å². The first-order valence-electron chi connectivity index (χ1n) is 5.52. The predicted octanol–water partition coefficient (Wildman–Crippen LogP) is 1.81. The van der Waals surface area contributed by atoms with Crippen molar-refractivity contribution < 1.29 is 18.7 Å². The van der Waals surface area contributed by atoms with Crippen molar-refractivity contribution in [1.29, 1.82) is 0 Å². The molecule has 2 rings (SSSR count). The second kappa shape index (κ2) is 5.09. The van der Waals surface area contributed by atoms with Crippen molar-refractivity contribution in [3.63, 3.8) is 0 Å². The van der Waals surface area contributed by atoms with Gasteiger partial charge in [-0.1, -0.05) is 0 Å². The van der Waals surface area contributed by atoms with Crippen LogP contribution in [0.4, 0.5) is 4.39 Å². The second-order valence-electron chi connectivity index (χ2n) is 3.86.